The van der Waals surface area contributed by atoms with Crippen LogP contribution in [0.3, 0.4) is 0 Å². The summed E-state index contributed by atoms with van der Waals surface area (Å²) < 4.78 is 16.3. The number of carbonyl (C=O) groups is 1. The molecule has 0 amide bonds. The Morgan fingerprint density at radius 3 is 2.19 bits per heavy atom. The van der Waals surface area contributed by atoms with E-state index in [4.69, 9.17) is 14.2 Å². The minimum absolute atomic E-state index is 0.198. The van der Waals surface area contributed by atoms with Crippen molar-refractivity contribution in [2.75, 3.05) is 19.8 Å². The van der Waals surface area contributed by atoms with Crippen molar-refractivity contribution in [3.8, 4) is 17.6 Å². The van der Waals surface area contributed by atoms with Crippen LogP contribution >= 0.6 is 0 Å². The normalized spacial score (nSPS) is 12.5. The highest BCUT2D eigenvalue weighted by molar-refractivity contribution is 6.10. The smallest absolute Gasteiger partial charge is 0.193 e. The number of carbonyl (C=O) groups excluding carboxylic acids is 1. The third kappa shape index (κ3) is 6.63. The molecule has 0 bridgehead atoms. The molecule has 0 saturated heterocycles. The molecule has 164 valence electrons. The van der Waals surface area contributed by atoms with Crippen LogP contribution in [0.25, 0.3) is 0 Å². The zero-order chi connectivity index (χ0) is 22.6. The molecule has 0 heterocycles. The van der Waals surface area contributed by atoms with E-state index in [0.29, 0.717) is 54.4 Å². The number of rotatable bonds is 13. The fraction of sp³-hybridized carbons (Fsp3) is 0.417. The van der Waals surface area contributed by atoms with Crippen LogP contribution in [0.5, 0.6) is 11.5 Å². The Morgan fingerprint density at radius 2 is 1.61 bits per heavy atom. The van der Waals surface area contributed by atoms with Crippen LogP contribution in [-0.4, -0.2) is 31.8 Å². The van der Waals surface area contributed by atoms with E-state index in [1.807, 2.05) is 13.8 Å². The largest absolute Gasteiger partial charge is 0.494 e. The molecule has 2 aromatic rings. The molecule has 7 heteroatoms. The molecule has 0 fully saturated rings. The highest BCUT2D eigenvalue weighted by Crippen LogP contribution is 2.31. The molecule has 0 radical (unpaired) electrons. The van der Waals surface area contributed by atoms with Crippen molar-refractivity contribution in [1.82, 2.24) is 0 Å². The Kier molecular flexibility index (Phi) is 9.66. The molecule has 0 aromatic heterocycles. The summed E-state index contributed by atoms with van der Waals surface area (Å²) >= 11 is 0. The lowest BCUT2D eigenvalue weighted by Crippen LogP contribution is -2.13. The van der Waals surface area contributed by atoms with Gasteiger partial charge in [0.05, 0.1) is 25.2 Å². The van der Waals surface area contributed by atoms with Gasteiger partial charge in [0, 0.05) is 17.7 Å². The third-order valence-corrected chi connectivity index (χ3v) is 4.72. The predicted octanol–water partition coefficient (Wildman–Crippen LogP) is 5.23. The zero-order valence-electron chi connectivity index (χ0n) is 18.2. The highest BCUT2D eigenvalue weighted by Gasteiger charge is 2.23. The summed E-state index contributed by atoms with van der Waals surface area (Å²) in [6, 6.07) is 14.3. The number of nitroso groups, excluding NO2 is 1. The van der Waals surface area contributed by atoms with Crippen molar-refractivity contribution >= 4 is 5.78 Å². The first-order valence-corrected chi connectivity index (χ1v) is 10.5. The Morgan fingerprint density at radius 1 is 0.968 bits per heavy atom. The van der Waals surface area contributed by atoms with E-state index in [0.717, 1.165) is 0 Å². The van der Waals surface area contributed by atoms with Gasteiger partial charge in [-0.3, -0.25) is 4.79 Å². The average molecular weight is 424 g/mol. The Hall–Kier alpha value is -3.24. The molecule has 0 N–H and O–H groups in total. The fourth-order valence-corrected chi connectivity index (χ4v) is 3.27. The summed E-state index contributed by atoms with van der Waals surface area (Å²) in [4.78, 5) is 24.2. The summed E-state index contributed by atoms with van der Waals surface area (Å²) in [7, 11) is 0. The van der Waals surface area contributed by atoms with Crippen molar-refractivity contribution < 1.29 is 19.0 Å². The Bertz CT molecular complexity index is 905. The summed E-state index contributed by atoms with van der Waals surface area (Å²) in [6.45, 7) is 6.89. The second-order valence-electron chi connectivity index (χ2n) is 6.74. The maximum absolute atomic E-state index is 13.2. The molecule has 0 saturated carbocycles. The first-order valence-electron chi connectivity index (χ1n) is 10.5. The van der Waals surface area contributed by atoms with Crippen LogP contribution in [0.15, 0.2) is 47.6 Å². The number of hydrogen-bond donors (Lipinski definition) is 0. The predicted molar refractivity (Wildman–Crippen MR) is 117 cm³/mol. The molecular formula is C24H28N2O5. The van der Waals surface area contributed by atoms with Gasteiger partial charge in [-0.05, 0) is 86.8 Å². The maximum Gasteiger partial charge on any atom is 0.193 e. The number of nitrogens with zero attached hydrogens (tertiary/aromatic N) is 2. The van der Waals surface area contributed by atoms with Crippen molar-refractivity contribution in [1.29, 1.82) is 5.26 Å². The fourth-order valence-electron chi connectivity index (χ4n) is 3.27. The van der Waals surface area contributed by atoms with Crippen LogP contribution in [0, 0.1) is 16.2 Å². The van der Waals surface area contributed by atoms with E-state index in [1.165, 1.54) is 0 Å². The third-order valence-electron chi connectivity index (χ3n) is 4.72. The van der Waals surface area contributed by atoms with Crippen molar-refractivity contribution in [3.63, 3.8) is 0 Å². The van der Waals surface area contributed by atoms with E-state index < -0.39 is 12.1 Å². The number of ketones is 1. The molecule has 2 aromatic carbocycles. The summed E-state index contributed by atoms with van der Waals surface area (Å²) in [5.74, 6) is 0.447. The molecule has 0 spiro atoms. The van der Waals surface area contributed by atoms with Gasteiger partial charge >= 0.3 is 0 Å². The number of ether oxygens (including phenoxy) is 3. The van der Waals surface area contributed by atoms with Gasteiger partial charge < -0.3 is 14.2 Å². The monoisotopic (exact) mass is 424 g/mol. The minimum Gasteiger partial charge on any atom is -0.494 e. The van der Waals surface area contributed by atoms with Crippen LogP contribution < -0.4 is 9.47 Å². The Labute approximate surface area is 182 Å². The van der Waals surface area contributed by atoms with Crippen LogP contribution in [0.1, 0.15) is 61.0 Å². The maximum atomic E-state index is 13.2. The Balaban J connectivity index is 2.36. The van der Waals surface area contributed by atoms with Gasteiger partial charge in [-0.2, -0.15) is 5.26 Å². The topological polar surface area (TPSA) is 98.0 Å². The van der Waals surface area contributed by atoms with Gasteiger partial charge in [0.1, 0.15) is 11.5 Å². The SMILES string of the molecule is CCOc1ccc(C(=O)c2ccc(OCC)cc2C(C#N)CCC(N=O)OCC)cc1. The van der Waals surface area contributed by atoms with Gasteiger partial charge in [-0.15, -0.1) is 4.91 Å². The molecule has 2 atom stereocenters. The molecule has 0 aliphatic rings. The molecule has 0 aliphatic carbocycles. The molecule has 0 aliphatic heterocycles. The molecule has 2 rings (SSSR count). The lowest BCUT2D eigenvalue weighted by atomic mass is 9.88. The minimum atomic E-state index is -0.818. The first kappa shape index (κ1) is 24.0. The molecule has 31 heavy (non-hydrogen) atoms. The lowest BCUT2D eigenvalue weighted by molar-refractivity contribution is 0.0602. The molecule has 2 unspecified atom stereocenters. The van der Waals surface area contributed by atoms with Crippen LogP contribution in [-0.2, 0) is 4.74 Å². The quantitative estimate of drug-likeness (QED) is 0.322. The number of nitriles is 1. The van der Waals surface area contributed by atoms with Gasteiger partial charge in [-0.1, -0.05) is 0 Å². The van der Waals surface area contributed by atoms with Crippen LogP contribution in [0.4, 0.5) is 0 Å². The van der Waals surface area contributed by atoms with E-state index >= 15 is 0 Å². The van der Waals surface area contributed by atoms with Gasteiger partial charge in [-0.25, -0.2) is 0 Å². The van der Waals surface area contributed by atoms with E-state index in [1.54, 1.807) is 49.4 Å². The van der Waals surface area contributed by atoms with E-state index in [2.05, 4.69) is 11.2 Å². The summed E-state index contributed by atoms with van der Waals surface area (Å²) in [6.07, 6.45) is -0.210. The van der Waals surface area contributed by atoms with Gasteiger partial charge in [0.25, 0.3) is 0 Å². The first-order chi connectivity index (χ1) is 15.1. The van der Waals surface area contributed by atoms with Gasteiger partial charge in [0.2, 0.25) is 0 Å². The second-order valence-corrected chi connectivity index (χ2v) is 6.74. The van der Waals surface area contributed by atoms with Crippen molar-refractivity contribution in [3.05, 3.63) is 64.1 Å². The molecule has 7 nitrogen and oxygen atoms in total. The highest BCUT2D eigenvalue weighted by atomic mass is 16.5. The van der Waals surface area contributed by atoms with Crippen molar-refractivity contribution in [2.45, 2.75) is 45.8 Å². The zero-order valence-corrected chi connectivity index (χ0v) is 18.2. The van der Waals surface area contributed by atoms with Crippen LogP contribution in [0.2, 0.25) is 0 Å². The number of benzene rings is 2. The summed E-state index contributed by atoms with van der Waals surface area (Å²) in [5.41, 5.74) is 1.48. The average Bonchev–Trinajstić information content (AvgIpc) is 2.79. The summed E-state index contributed by atoms with van der Waals surface area (Å²) in [5, 5.41) is 12.8. The lowest BCUT2D eigenvalue weighted by Gasteiger charge is -2.17. The van der Waals surface area contributed by atoms with Crippen molar-refractivity contribution in [2.24, 2.45) is 5.18 Å². The number of hydrogen-bond acceptors (Lipinski definition) is 7. The molecular weight excluding hydrogens is 396 g/mol. The second kappa shape index (κ2) is 12.5. The van der Waals surface area contributed by atoms with E-state index in [9.17, 15) is 15.0 Å². The van der Waals surface area contributed by atoms with Gasteiger partial charge in [0.15, 0.2) is 12.0 Å². The van der Waals surface area contributed by atoms with E-state index in [-0.39, 0.29) is 12.2 Å². The standard InChI is InChI=1S/C24H28N2O5/c1-4-29-19-10-7-17(8-11-19)24(27)21-13-12-20(30-5-2)15-22(21)18(16-25)9-14-23(26-28)31-6-3/h7-8,10-13,15,18,23H,4-6,9,14H2,1-3H3.